The van der Waals surface area contributed by atoms with Crippen LogP contribution in [0.25, 0.3) is 10.9 Å². The number of carbonyl (C=O) groups excluding carboxylic acids is 1. The molecule has 0 spiro atoms. The Balaban J connectivity index is 2.41. The van der Waals surface area contributed by atoms with Crippen molar-refractivity contribution in [2.24, 2.45) is 0 Å². The van der Waals surface area contributed by atoms with Gasteiger partial charge in [-0.25, -0.2) is 4.98 Å². The van der Waals surface area contributed by atoms with E-state index in [1.165, 1.54) is 11.8 Å². The molecular weight excluding hydrogens is 310 g/mol. The third-order valence-electron chi connectivity index (χ3n) is 3.49. The molecule has 1 aromatic carbocycles. The van der Waals surface area contributed by atoms with Gasteiger partial charge in [-0.1, -0.05) is 30.8 Å². The van der Waals surface area contributed by atoms with Crippen LogP contribution >= 0.6 is 11.8 Å². The Morgan fingerprint density at radius 2 is 2.00 bits per heavy atom. The van der Waals surface area contributed by atoms with E-state index in [-0.39, 0.29) is 22.8 Å². The Kier molecular flexibility index (Phi) is 5.82. The van der Waals surface area contributed by atoms with E-state index in [2.05, 4.69) is 10.3 Å². The highest BCUT2D eigenvalue weighted by molar-refractivity contribution is 8.00. The third kappa shape index (κ3) is 3.93. The molecule has 1 aromatic heterocycles. The molecule has 0 radical (unpaired) electrons. The topological polar surface area (TPSA) is 64.0 Å². The largest absolute Gasteiger partial charge is 0.355 e. The first kappa shape index (κ1) is 17.5. The van der Waals surface area contributed by atoms with Gasteiger partial charge in [0.2, 0.25) is 5.91 Å². The second kappa shape index (κ2) is 7.64. The second-order valence-electron chi connectivity index (χ2n) is 5.73. The Labute approximate surface area is 140 Å². The molecule has 1 N–H and O–H groups in total. The number of carbonyl (C=O) groups is 1. The lowest BCUT2D eigenvalue weighted by molar-refractivity contribution is -0.120. The smallest absolute Gasteiger partial charge is 0.262 e. The molecular formula is C17H23N3O2S. The van der Waals surface area contributed by atoms with Crippen molar-refractivity contribution < 1.29 is 4.79 Å². The normalized spacial score (nSPS) is 12.6. The molecule has 1 heterocycles. The van der Waals surface area contributed by atoms with Crippen molar-refractivity contribution in [3.63, 3.8) is 0 Å². The van der Waals surface area contributed by atoms with Crippen LogP contribution in [0, 0.1) is 0 Å². The zero-order valence-corrected chi connectivity index (χ0v) is 14.8. The average Bonchev–Trinajstić information content (AvgIpc) is 2.52. The predicted octanol–water partition coefficient (Wildman–Crippen LogP) is 2.98. The molecule has 5 nitrogen and oxygen atoms in total. The van der Waals surface area contributed by atoms with Crippen molar-refractivity contribution in [2.45, 2.75) is 50.6 Å². The van der Waals surface area contributed by atoms with E-state index in [0.717, 1.165) is 6.42 Å². The number of aromatic nitrogens is 2. The minimum atomic E-state index is -0.306. The summed E-state index contributed by atoms with van der Waals surface area (Å²) in [5.41, 5.74) is 0.604. The first-order valence-corrected chi connectivity index (χ1v) is 8.79. The molecule has 2 aromatic rings. The van der Waals surface area contributed by atoms with Gasteiger partial charge in [-0.15, -0.1) is 0 Å². The first-order chi connectivity index (χ1) is 11.0. The fraction of sp³-hybridized carbons (Fsp3) is 0.471. The van der Waals surface area contributed by atoms with Crippen LogP contribution in [-0.4, -0.2) is 27.3 Å². The Hall–Kier alpha value is -1.82. The van der Waals surface area contributed by atoms with Crippen LogP contribution in [0.15, 0.2) is 34.2 Å². The lowest BCUT2D eigenvalue weighted by Gasteiger charge is -2.18. The molecule has 6 heteroatoms. The summed E-state index contributed by atoms with van der Waals surface area (Å²) in [6.07, 6.45) is 0.897. The number of hydrogen-bond acceptors (Lipinski definition) is 4. The molecule has 0 aliphatic rings. The second-order valence-corrected chi connectivity index (χ2v) is 7.04. The van der Waals surface area contributed by atoms with Crippen molar-refractivity contribution in [1.82, 2.24) is 14.9 Å². The van der Waals surface area contributed by atoms with Gasteiger partial charge in [-0.2, -0.15) is 0 Å². The maximum atomic E-state index is 12.7. The van der Waals surface area contributed by atoms with Crippen molar-refractivity contribution in [1.29, 1.82) is 0 Å². The van der Waals surface area contributed by atoms with Crippen LogP contribution in [-0.2, 0) is 4.79 Å². The van der Waals surface area contributed by atoms with Gasteiger partial charge in [-0.3, -0.25) is 14.2 Å². The van der Waals surface area contributed by atoms with Crippen LogP contribution in [0.2, 0.25) is 0 Å². The summed E-state index contributed by atoms with van der Waals surface area (Å²) in [7, 11) is 0. The highest BCUT2D eigenvalue weighted by atomic mass is 32.2. The summed E-state index contributed by atoms with van der Waals surface area (Å²) in [6, 6.07) is 7.29. The predicted molar refractivity (Wildman–Crippen MR) is 95.0 cm³/mol. The third-order valence-corrected chi connectivity index (χ3v) is 4.56. The molecule has 1 atom stereocenters. The molecule has 23 heavy (non-hydrogen) atoms. The zero-order valence-electron chi connectivity index (χ0n) is 14.0. The number of thioether (sulfide) groups is 1. The van der Waals surface area contributed by atoms with Crippen LogP contribution < -0.4 is 10.9 Å². The maximum absolute atomic E-state index is 12.7. The molecule has 0 fully saturated rings. The molecule has 124 valence electrons. The molecule has 2 rings (SSSR count). The number of nitrogens with one attached hydrogen (secondary N) is 1. The number of nitrogens with zero attached hydrogens (tertiary/aromatic N) is 2. The van der Waals surface area contributed by atoms with Gasteiger partial charge in [0.05, 0.1) is 16.2 Å². The summed E-state index contributed by atoms with van der Waals surface area (Å²) in [5.74, 6) is -0.0328. The highest BCUT2D eigenvalue weighted by Gasteiger charge is 2.20. The van der Waals surface area contributed by atoms with E-state index < -0.39 is 0 Å². The quantitative estimate of drug-likeness (QED) is 0.652. The average molecular weight is 333 g/mol. The number of benzene rings is 1. The zero-order chi connectivity index (χ0) is 17.0. The van der Waals surface area contributed by atoms with E-state index in [1.807, 2.05) is 45.9 Å². The molecule has 0 bridgehead atoms. The number of fused-ring (bicyclic) bond motifs is 1. The van der Waals surface area contributed by atoms with Gasteiger partial charge in [0.25, 0.3) is 5.56 Å². The summed E-state index contributed by atoms with van der Waals surface area (Å²) in [6.45, 7) is 8.40. The SMILES string of the molecule is CCCNC(=O)[C@@H](C)Sc1nc2ccccc2c(=O)n1C(C)C. The fourth-order valence-corrected chi connectivity index (χ4v) is 3.33. The van der Waals surface area contributed by atoms with E-state index in [9.17, 15) is 9.59 Å². The van der Waals surface area contributed by atoms with Gasteiger partial charge >= 0.3 is 0 Å². The minimum Gasteiger partial charge on any atom is -0.355 e. The molecule has 0 aliphatic heterocycles. The van der Waals surface area contributed by atoms with Crippen molar-refractivity contribution in [2.75, 3.05) is 6.54 Å². The van der Waals surface area contributed by atoms with Gasteiger partial charge in [0.1, 0.15) is 0 Å². The van der Waals surface area contributed by atoms with E-state index in [0.29, 0.717) is 22.6 Å². The lowest BCUT2D eigenvalue weighted by Crippen LogP contribution is -2.32. The van der Waals surface area contributed by atoms with Crippen LogP contribution in [0.3, 0.4) is 0 Å². The molecule has 1 amide bonds. The molecule has 0 saturated heterocycles. The lowest BCUT2D eigenvalue weighted by atomic mass is 10.2. The number of rotatable bonds is 6. The number of para-hydroxylation sites is 1. The van der Waals surface area contributed by atoms with Gasteiger partial charge in [0, 0.05) is 12.6 Å². The Morgan fingerprint density at radius 3 is 2.65 bits per heavy atom. The van der Waals surface area contributed by atoms with Crippen LogP contribution in [0.5, 0.6) is 0 Å². The van der Waals surface area contributed by atoms with Crippen molar-refractivity contribution >= 4 is 28.6 Å². The monoisotopic (exact) mass is 333 g/mol. The Morgan fingerprint density at radius 1 is 1.30 bits per heavy atom. The van der Waals surface area contributed by atoms with E-state index >= 15 is 0 Å². The van der Waals surface area contributed by atoms with Crippen molar-refractivity contribution in [3.8, 4) is 0 Å². The first-order valence-electron chi connectivity index (χ1n) is 7.91. The van der Waals surface area contributed by atoms with Gasteiger partial charge < -0.3 is 5.32 Å². The summed E-state index contributed by atoms with van der Waals surface area (Å²) >= 11 is 1.33. The number of amides is 1. The molecule has 0 aliphatic carbocycles. The number of hydrogen-bond donors (Lipinski definition) is 1. The van der Waals surface area contributed by atoms with E-state index in [4.69, 9.17) is 0 Å². The fourth-order valence-electron chi connectivity index (χ4n) is 2.27. The maximum Gasteiger partial charge on any atom is 0.262 e. The minimum absolute atomic E-state index is 0.0204. The molecule has 0 saturated carbocycles. The van der Waals surface area contributed by atoms with Gasteiger partial charge in [-0.05, 0) is 39.3 Å². The summed E-state index contributed by atoms with van der Waals surface area (Å²) < 4.78 is 1.66. The van der Waals surface area contributed by atoms with Crippen LogP contribution in [0.4, 0.5) is 0 Å². The van der Waals surface area contributed by atoms with E-state index in [1.54, 1.807) is 10.6 Å². The standard InChI is InChI=1S/C17H23N3O2S/c1-5-10-18-15(21)12(4)23-17-19-14-9-7-6-8-13(14)16(22)20(17)11(2)3/h6-9,11-12H,5,10H2,1-4H3,(H,18,21)/t12-/m1/s1. The van der Waals surface area contributed by atoms with Crippen molar-refractivity contribution in [3.05, 3.63) is 34.6 Å². The summed E-state index contributed by atoms with van der Waals surface area (Å²) in [4.78, 5) is 29.4. The Bertz CT molecular complexity index is 755. The highest BCUT2D eigenvalue weighted by Crippen LogP contribution is 2.24. The molecule has 0 unspecified atom stereocenters. The van der Waals surface area contributed by atoms with Gasteiger partial charge in [0.15, 0.2) is 5.16 Å². The van der Waals surface area contributed by atoms with Crippen LogP contribution in [0.1, 0.15) is 40.2 Å². The summed E-state index contributed by atoms with van der Waals surface area (Å²) in [5, 5.41) is 3.76.